The fraction of sp³-hybridized carbons (Fsp3) is 0.652. The first-order valence-electron chi connectivity index (χ1n) is 12.0. The van der Waals surface area contributed by atoms with Gasteiger partial charge in [0.1, 0.15) is 5.82 Å². The lowest BCUT2D eigenvalue weighted by Crippen LogP contribution is -2.63. The smallest absolute Gasteiger partial charge is 0.264 e. The Bertz CT molecular complexity index is 1030. The highest BCUT2D eigenvalue weighted by atomic mass is 19.3. The molecule has 4 heterocycles. The molecule has 182 valence electrons. The fourth-order valence-electron chi connectivity index (χ4n) is 5.66. The van der Waals surface area contributed by atoms with Crippen LogP contribution in [-0.2, 0) is 9.47 Å². The summed E-state index contributed by atoms with van der Waals surface area (Å²) in [6, 6.07) is 1.20. The van der Waals surface area contributed by atoms with E-state index in [1.54, 1.807) is 0 Å². The van der Waals surface area contributed by atoms with Crippen molar-refractivity contribution in [2.24, 2.45) is 0 Å². The monoisotopic (exact) mass is 473 g/mol. The molecule has 2 aromatic heterocycles. The Balaban J connectivity index is 1.49. The predicted octanol–water partition coefficient (Wildman–Crippen LogP) is 2.97. The lowest BCUT2D eigenvalue weighted by molar-refractivity contribution is 0.0108. The van der Waals surface area contributed by atoms with Crippen molar-refractivity contribution in [1.82, 2.24) is 19.9 Å². The number of aromatic nitrogens is 4. The van der Waals surface area contributed by atoms with E-state index < -0.39 is 6.43 Å². The Morgan fingerprint density at radius 3 is 1.91 bits per heavy atom. The van der Waals surface area contributed by atoms with Gasteiger partial charge in [-0.25, -0.2) is 13.8 Å². The van der Waals surface area contributed by atoms with E-state index in [1.807, 2.05) is 0 Å². The van der Waals surface area contributed by atoms with E-state index in [4.69, 9.17) is 30.2 Å². The molecule has 2 saturated carbocycles. The van der Waals surface area contributed by atoms with E-state index in [9.17, 15) is 8.78 Å². The highest BCUT2D eigenvalue weighted by Gasteiger charge is 2.48. The minimum Gasteiger partial charge on any atom is -0.384 e. The summed E-state index contributed by atoms with van der Waals surface area (Å²) in [7, 11) is 0. The summed E-state index contributed by atoms with van der Waals surface area (Å²) < 4.78 is 39.5. The topological polar surface area (TPSA) is 103 Å². The van der Waals surface area contributed by atoms with Crippen LogP contribution in [0.3, 0.4) is 0 Å². The number of nitrogens with two attached hydrogens (primary N) is 1. The Morgan fingerprint density at radius 2 is 1.44 bits per heavy atom. The number of alkyl halides is 2. The SMILES string of the molecule is Nc1cc(C(F)F)c(-c2nc(N3CCOCC34CCC4)nc(N3CCOCC34CCC4)n2)cn1. The van der Waals surface area contributed by atoms with Crippen LogP contribution in [-0.4, -0.2) is 70.5 Å². The van der Waals surface area contributed by atoms with Gasteiger partial charge >= 0.3 is 0 Å². The maximum atomic E-state index is 14.0. The summed E-state index contributed by atoms with van der Waals surface area (Å²) in [5.74, 6) is 1.27. The average molecular weight is 474 g/mol. The molecule has 2 aromatic rings. The van der Waals surface area contributed by atoms with Gasteiger partial charge in [-0.3, -0.25) is 0 Å². The largest absolute Gasteiger partial charge is 0.384 e. The number of anilines is 3. The molecule has 2 aliphatic carbocycles. The minimum atomic E-state index is -2.73. The number of nitrogens with zero attached hydrogens (tertiary/aromatic N) is 6. The van der Waals surface area contributed by atoms with Crippen LogP contribution in [0.25, 0.3) is 11.4 Å². The van der Waals surface area contributed by atoms with Crippen molar-refractivity contribution in [3.8, 4) is 11.4 Å². The third-order valence-corrected chi connectivity index (χ3v) is 7.90. The first kappa shape index (κ1) is 21.8. The number of hydrogen-bond donors (Lipinski definition) is 1. The standard InChI is InChI=1S/C23H29F2N7O2/c24-18(25)15-11-17(26)27-12-16(15)19-28-20(31-7-9-33-13-22(31)3-1-4-22)30-21(29-19)32-8-10-34-14-23(32)5-2-6-23/h11-12,18H,1-10,13-14H2,(H2,26,27). The minimum absolute atomic E-state index is 0.0387. The van der Waals surface area contributed by atoms with Crippen LogP contribution in [0.2, 0.25) is 0 Å². The van der Waals surface area contributed by atoms with Crippen molar-refractivity contribution in [1.29, 1.82) is 0 Å². The molecule has 0 atom stereocenters. The zero-order valence-electron chi connectivity index (χ0n) is 19.1. The summed E-state index contributed by atoms with van der Waals surface area (Å²) >= 11 is 0. The Kier molecular flexibility index (Phi) is 5.29. The molecule has 2 spiro atoms. The summed E-state index contributed by atoms with van der Waals surface area (Å²) in [6.07, 6.45) is 4.84. The molecule has 0 unspecified atom stereocenters. The summed E-state index contributed by atoms with van der Waals surface area (Å²) in [6.45, 7) is 3.70. The second-order valence-electron chi connectivity index (χ2n) is 9.82. The summed E-state index contributed by atoms with van der Waals surface area (Å²) in [5, 5.41) is 0. The van der Waals surface area contributed by atoms with Crippen molar-refractivity contribution < 1.29 is 18.3 Å². The number of pyridine rings is 1. The highest BCUT2D eigenvalue weighted by molar-refractivity contribution is 5.64. The molecule has 4 aliphatic rings. The summed E-state index contributed by atoms with van der Waals surface area (Å²) in [5.41, 5.74) is 5.39. The van der Waals surface area contributed by atoms with Crippen LogP contribution in [0.4, 0.5) is 26.5 Å². The van der Waals surface area contributed by atoms with Gasteiger partial charge in [-0.05, 0) is 44.6 Å². The third kappa shape index (κ3) is 3.48. The van der Waals surface area contributed by atoms with E-state index >= 15 is 0 Å². The molecular formula is C23H29F2N7O2. The number of nitrogen functional groups attached to an aromatic ring is 1. The lowest BCUT2D eigenvalue weighted by Gasteiger charge is -2.54. The van der Waals surface area contributed by atoms with Crippen molar-refractivity contribution >= 4 is 17.7 Å². The number of morpholine rings is 2. The normalized spacial score (nSPS) is 23.3. The van der Waals surface area contributed by atoms with E-state index in [2.05, 4.69) is 14.8 Å². The molecular weight excluding hydrogens is 444 g/mol. The molecule has 2 N–H and O–H groups in total. The lowest BCUT2D eigenvalue weighted by atomic mass is 9.75. The number of rotatable bonds is 4. The third-order valence-electron chi connectivity index (χ3n) is 7.90. The van der Waals surface area contributed by atoms with Gasteiger partial charge in [0.05, 0.1) is 37.5 Å². The zero-order chi connectivity index (χ0) is 23.3. The van der Waals surface area contributed by atoms with Gasteiger partial charge in [0.2, 0.25) is 11.9 Å². The van der Waals surface area contributed by atoms with E-state index in [0.717, 1.165) is 38.5 Å². The number of halogens is 2. The van der Waals surface area contributed by atoms with Crippen molar-refractivity contribution in [2.75, 3.05) is 55.1 Å². The number of hydrogen-bond acceptors (Lipinski definition) is 9. The molecule has 0 radical (unpaired) electrons. The molecule has 34 heavy (non-hydrogen) atoms. The van der Waals surface area contributed by atoms with Crippen LogP contribution in [0.5, 0.6) is 0 Å². The van der Waals surface area contributed by atoms with Gasteiger partial charge in [-0.1, -0.05) is 0 Å². The fourth-order valence-corrected chi connectivity index (χ4v) is 5.66. The Morgan fingerprint density at radius 1 is 0.882 bits per heavy atom. The van der Waals surface area contributed by atoms with Crippen LogP contribution in [0.15, 0.2) is 12.3 Å². The second kappa shape index (κ2) is 8.23. The average Bonchev–Trinajstić information content (AvgIpc) is 2.81. The van der Waals surface area contributed by atoms with Gasteiger partial charge in [-0.2, -0.15) is 15.0 Å². The molecule has 0 aromatic carbocycles. The highest BCUT2D eigenvalue weighted by Crippen LogP contribution is 2.44. The maximum Gasteiger partial charge on any atom is 0.264 e. The zero-order valence-corrected chi connectivity index (χ0v) is 19.1. The van der Waals surface area contributed by atoms with Gasteiger partial charge < -0.3 is 25.0 Å². The first-order chi connectivity index (χ1) is 16.5. The summed E-state index contributed by atoms with van der Waals surface area (Å²) in [4.78, 5) is 22.9. The van der Waals surface area contributed by atoms with Crippen molar-refractivity contribution in [3.05, 3.63) is 17.8 Å². The predicted molar refractivity (Wildman–Crippen MR) is 122 cm³/mol. The van der Waals surface area contributed by atoms with Crippen molar-refractivity contribution in [3.63, 3.8) is 0 Å². The van der Waals surface area contributed by atoms with E-state index in [-0.39, 0.29) is 33.8 Å². The molecule has 4 fully saturated rings. The molecule has 0 amide bonds. The van der Waals surface area contributed by atoms with Crippen LogP contribution in [0.1, 0.15) is 50.5 Å². The van der Waals surface area contributed by atoms with Gasteiger partial charge in [0.25, 0.3) is 6.43 Å². The van der Waals surface area contributed by atoms with Gasteiger partial charge in [0.15, 0.2) is 5.82 Å². The molecule has 6 rings (SSSR count). The maximum absolute atomic E-state index is 14.0. The number of ether oxygens (including phenoxy) is 2. The quantitative estimate of drug-likeness (QED) is 0.718. The van der Waals surface area contributed by atoms with Crippen LogP contribution >= 0.6 is 0 Å². The van der Waals surface area contributed by atoms with Crippen LogP contribution in [0, 0.1) is 0 Å². The molecule has 0 bridgehead atoms. The molecule has 9 nitrogen and oxygen atoms in total. The molecule has 2 saturated heterocycles. The van der Waals surface area contributed by atoms with E-state index in [1.165, 1.54) is 12.3 Å². The Labute approximate surface area is 196 Å². The second-order valence-corrected chi connectivity index (χ2v) is 9.82. The molecule has 11 heteroatoms. The van der Waals surface area contributed by atoms with E-state index in [0.29, 0.717) is 51.4 Å². The van der Waals surface area contributed by atoms with Crippen molar-refractivity contribution in [2.45, 2.75) is 56.0 Å². The van der Waals surface area contributed by atoms with Gasteiger partial charge in [-0.15, -0.1) is 0 Å². The van der Waals surface area contributed by atoms with Gasteiger partial charge in [0, 0.05) is 30.4 Å². The molecule has 2 aliphatic heterocycles. The Hall–Kier alpha value is -2.66. The van der Waals surface area contributed by atoms with Crippen LogP contribution < -0.4 is 15.5 Å². The first-order valence-corrected chi connectivity index (χ1v) is 12.0.